The topological polar surface area (TPSA) is 84.0 Å². The maximum absolute atomic E-state index is 13.0. The molecule has 1 aromatic carbocycles. The van der Waals surface area contributed by atoms with E-state index in [1.165, 1.54) is 0 Å². The summed E-state index contributed by atoms with van der Waals surface area (Å²) >= 11 is 0. The molecule has 6 heteroatoms. The molecule has 2 aromatic heterocycles. The largest absolute Gasteiger partial charge is 0.354 e. The van der Waals surface area contributed by atoms with Crippen LogP contribution in [0.5, 0.6) is 0 Å². The molecule has 6 nitrogen and oxygen atoms in total. The highest BCUT2D eigenvalue weighted by molar-refractivity contribution is 5.99. The number of hydrogen-bond donors (Lipinski definition) is 2. The van der Waals surface area contributed by atoms with Gasteiger partial charge in [-0.3, -0.25) is 14.6 Å². The Bertz CT molecular complexity index is 1030. The SMILES string of the molecule is CNC(=O)c1cc(-c2ccc(C3(C(=O)Nc4ccccn4)CCC3)cc2)ccn1. The van der Waals surface area contributed by atoms with Gasteiger partial charge in [0.2, 0.25) is 5.91 Å². The number of aromatic nitrogens is 2. The van der Waals surface area contributed by atoms with Gasteiger partial charge >= 0.3 is 0 Å². The standard InChI is InChI=1S/C23H22N4O2/c1-24-21(28)19-15-17(10-14-25-19)16-6-8-18(9-7-16)23(11-4-12-23)22(29)27-20-5-2-3-13-26-20/h2-3,5-10,13-15H,4,11-12H2,1H3,(H,24,28)(H,26,27,29). The van der Waals surface area contributed by atoms with Crippen molar-refractivity contribution in [2.24, 2.45) is 0 Å². The molecular weight excluding hydrogens is 364 g/mol. The summed E-state index contributed by atoms with van der Waals surface area (Å²) in [6, 6.07) is 17.1. The predicted molar refractivity (Wildman–Crippen MR) is 111 cm³/mol. The molecule has 0 unspecified atom stereocenters. The van der Waals surface area contributed by atoms with Gasteiger partial charge < -0.3 is 10.6 Å². The predicted octanol–water partition coefficient (Wildman–Crippen LogP) is 3.56. The summed E-state index contributed by atoms with van der Waals surface area (Å²) in [6.45, 7) is 0. The van der Waals surface area contributed by atoms with Gasteiger partial charge in [0.1, 0.15) is 11.5 Å². The van der Waals surface area contributed by atoms with Crippen LogP contribution < -0.4 is 10.6 Å². The van der Waals surface area contributed by atoms with Gasteiger partial charge in [-0.05, 0) is 53.8 Å². The van der Waals surface area contributed by atoms with E-state index in [0.717, 1.165) is 36.0 Å². The number of benzene rings is 1. The van der Waals surface area contributed by atoms with Gasteiger partial charge in [0, 0.05) is 19.4 Å². The number of carbonyl (C=O) groups is 2. The summed E-state index contributed by atoms with van der Waals surface area (Å²) in [4.78, 5) is 33.2. The molecule has 0 aliphatic heterocycles. The number of pyridine rings is 2. The van der Waals surface area contributed by atoms with Gasteiger partial charge in [-0.25, -0.2) is 4.98 Å². The molecule has 2 heterocycles. The third-order valence-electron chi connectivity index (χ3n) is 5.54. The summed E-state index contributed by atoms with van der Waals surface area (Å²) in [5.41, 5.74) is 2.74. The van der Waals surface area contributed by atoms with Crippen molar-refractivity contribution in [2.45, 2.75) is 24.7 Å². The fourth-order valence-corrected chi connectivity index (χ4v) is 3.69. The van der Waals surface area contributed by atoms with Crippen LogP contribution in [0.15, 0.2) is 67.0 Å². The molecule has 2 amide bonds. The Morgan fingerprint density at radius 3 is 2.34 bits per heavy atom. The fourth-order valence-electron chi connectivity index (χ4n) is 3.69. The Hall–Kier alpha value is -3.54. The number of amides is 2. The Labute approximate surface area is 169 Å². The molecule has 4 rings (SSSR count). The summed E-state index contributed by atoms with van der Waals surface area (Å²) in [6.07, 6.45) is 5.96. The number of carbonyl (C=O) groups excluding carboxylic acids is 2. The van der Waals surface area contributed by atoms with Crippen LogP contribution in [-0.2, 0) is 10.2 Å². The summed E-state index contributed by atoms with van der Waals surface area (Å²) in [7, 11) is 1.58. The van der Waals surface area contributed by atoms with E-state index in [-0.39, 0.29) is 11.8 Å². The lowest BCUT2D eigenvalue weighted by Gasteiger charge is -2.40. The molecule has 146 valence electrons. The van der Waals surface area contributed by atoms with Gasteiger partial charge in [-0.1, -0.05) is 36.8 Å². The Morgan fingerprint density at radius 2 is 1.72 bits per heavy atom. The number of hydrogen-bond acceptors (Lipinski definition) is 4. The van der Waals surface area contributed by atoms with Crippen LogP contribution in [0.3, 0.4) is 0 Å². The van der Waals surface area contributed by atoms with Crippen LogP contribution in [0.4, 0.5) is 5.82 Å². The second-order valence-corrected chi connectivity index (χ2v) is 7.19. The number of nitrogens with one attached hydrogen (secondary N) is 2. The minimum Gasteiger partial charge on any atom is -0.354 e. The van der Waals surface area contributed by atoms with Crippen LogP contribution in [-0.4, -0.2) is 28.8 Å². The van der Waals surface area contributed by atoms with E-state index >= 15 is 0 Å². The second-order valence-electron chi connectivity index (χ2n) is 7.19. The van der Waals surface area contributed by atoms with E-state index in [9.17, 15) is 9.59 Å². The van der Waals surface area contributed by atoms with Crippen molar-refractivity contribution in [3.8, 4) is 11.1 Å². The normalized spacial score (nSPS) is 14.5. The zero-order valence-electron chi connectivity index (χ0n) is 16.2. The highest BCUT2D eigenvalue weighted by Gasteiger charge is 2.45. The highest BCUT2D eigenvalue weighted by Crippen LogP contribution is 2.45. The Morgan fingerprint density at radius 1 is 0.931 bits per heavy atom. The average molecular weight is 386 g/mol. The van der Waals surface area contributed by atoms with E-state index in [2.05, 4.69) is 20.6 Å². The molecule has 2 N–H and O–H groups in total. The van der Waals surface area contributed by atoms with Gasteiger partial charge in [-0.15, -0.1) is 0 Å². The smallest absolute Gasteiger partial charge is 0.269 e. The third kappa shape index (κ3) is 3.61. The van der Waals surface area contributed by atoms with Gasteiger partial charge in [0.15, 0.2) is 0 Å². The average Bonchev–Trinajstić information content (AvgIpc) is 2.74. The second kappa shape index (κ2) is 7.83. The van der Waals surface area contributed by atoms with Gasteiger partial charge in [-0.2, -0.15) is 0 Å². The lowest BCUT2D eigenvalue weighted by atomic mass is 9.63. The first-order valence-corrected chi connectivity index (χ1v) is 9.64. The molecule has 1 aliphatic rings. The number of rotatable bonds is 5. The molecule has 0 radical (unpaired) electrons. The molecule has 29 heavy (non-hydrogen) atoms. The minimum absolute atomic E-state index is 0.0129. The lowest BCUT2D eigenvalue weighted by molar-refractivity contribution is -0.124. The van der Waals surface area contributed by atoms with E-state index in [4.69, 9.17) is 0 Å². The first-order chi connectivity index (χ1) is 14.1. The molecule has 1 aliphatic carbocycles. The monoisotopic (exact) mass is 386 g/mol. The van der Waals surface area contributed by atoms with E-state index in [0.29, 0.717) is 11.5 Å². The summed E-state index contributed by atoms with van der Waals surface area (Å²) in [5, 5.41) is 5.54. The zero-order valence-corrected chi connectivity index (χ0v) is 16.2. The molecule has 0 atom stereocenters. The third-order valence-corrected chi connectivity index (χ3v) is 5.54. The van der Waals surface area contributed by atoms with Crippen LogP contribution >= 0.6 is 0 Å². The van der Waals surface area contributed by atoms with E-state index < -0.39 is 5.41 Å². The highest BCUT2D eigenvalue weighted by atomic mass is 16.2. The summed E-state index contributed by atoms with van der Waals surface area (Å²) < 4.78 is 0. The number of nitrogens with zero attached hydrogens (tertiary/aromatic N) is 2. The first kappa shape index (κ1) is 18.8. The molecule has 0 spiro atoms. The Kier molecular flexibility index (Phi) is 5.08. The van der Waals surface area contributed by atoms with Crippen molar-refractivity contribution in [1.29, 1.82) is 0 Å². The van der Waals surface area contributed by atoms with Crippen molar-refractivity contribution >= 4 is 17.6 Å². The van der Waals surface area contributed by atoms with Gasteiger partial charge in [0.05, 0.1) is 5.41 Å². The van der Waals surface area contributed by atoms with Crippen molar-refractivity contribution in [1.82, 2.24) is 15.3 Å². The van der Waals surface area contributed by atoms with Crippen molar-refractivity contribution < 1.29 is 9.59 Å². The number of anilines is 1. The van der Waals surface area contributed by atoms with Crippen molar-refractivity contribution in [2.75, 3.05) is 12.4 Å². The van der Waals surface area contributed by atoms with Gasteiger partial charge in [0.25, 0.3) is 5.91 Å². The zero-order chi connectivity index (χ0) is 20.3. The molecule has 1 fully saturated rings. The molecule has 0 saturated heterocycles. The molecule has 1 saturated carbocycles. The maximum Gasteiger partial charge on any atom is 0.269 e. The fraction of sp³-hybridized carbons (Fsp3) is 0.217. The molecule has 0 bridgehead atoms. The molecule has 3 aromatic rings. The maximum atomic E-state index is 13.0. The van der Waals surface area contributed by atoms with E-state index in [1.54, 1.807) is 31.6 Å². The van der Waals surface area contributed by atoms with E-state index in [1.807, 2.05) is 42.5 Å². The van der Waals surface area contributed by atoms with Crippen molar-refractivity contribution in [3.63, 3.8) is 0 Å². The van der Waals surface area contributed by atoms with Crippen LogP contribution in [0.1, 0.15) is 35.3 Å². The van der Waals surface area contributed by atoms with Crippen LogP contribution in [0.25, 0.3) is 11.1 Å². The summed E-state index contributed by atoms with van der Waals surface area (Å²) in [5.74, 6) is 0.336. The molecular formula is C23H22N4O2. The first-order valence-electron chi connectivity index (χ1n) is 9.64. The van der Waals surface area contributed by atoms with Crippen LogP contribution in [0, 0.1) is 0 Å². The minimum atomic E-state index is -0.512. The quantitative estimate of drug-likeness (QED) is 0.702. The Balaban J connectivity index is 1.58. The van der Waals surface area contributed by atoms with Crippen molar-refractivity contribution in [3.05, 3.63) is 78.2 Å². The van der Waals surface area contributed by atoms with Crippen LogP contribution in [0.2, 0.25) is 0 Å². The lowest BCUT2D eigenvalue weighted by Crippen LogP contribution is -2.46.